The lowest BCUT2D eigenvalue weighted by atomic mass is 10.0. The van der Waals surface area contributed by atoms with Crippen LogP contribution in [0.25, 0.3) is 0 Å². The standard InChI is InChI=1S/C25H24N2O4S/c28-24(26-22-9-2-1-3-10-22)18-32(30,31)17-19-12-14-21(15-13-19)25(29)27-16-6-8-20-7-4-5-11-23(20)27/h1-5,7,9-15H,6,8,16-18H2,(H,26,28). The average Bonchev–Trinajstić information content (AvgIpc) is 2.78. The largest absolute Gasteiger partial charge is 0.325 e. The Labute approximate surface area is 187 Å². The van der Waals surface area contributed by atoms with E-state index in [0.717, 1.165) is 24.1 Å². The normalized spacial score (nSPS) is 13.3. The van der Waals surface area contributed by atoms with Crippen LogP contribution >= 0.6 is 0 Å². The fraction of sp³-hybridized carbons (Fsp3) is 0.200. The maximum absolute atomic E-state index is 13.0. The van der Waals surface area contributed by atoms with E-state index in [2.05, 4.69) is 5.32 Å². The van der Waals surface area contributed by atoms with Crippen molar-refractivity contribution in [3.63, 3.8) is 0 Å². The molecular formula is C25H24N2O4S. The molecule has 0 aromatic heterocycles. The van der Waals surface area contributed by atoms with Crippen LogP contribution in [0.4, 0.5) is 11.4 Å². The Morgan fingerprint density at radius 3 is 2.31 bits per heavy atom. The van der Waals surface area contributed by atoms with Crippen LogP contribution in [0.15, 0.2) is 78.9 Å². The summed E-state index contributed by atoms with van der Waals surface area (Å²) in [5.41, 5.74) is 3.68. The molecule has 0 radical (unpaired) electrons. The van der Waals surface area contributed by atoms with Crippen LogP contribution < -0.4 is 10.2 Å². The van der Waals surface area contributed by atoms with E-state index in [1.807, 2.05) is 30.3 Å². The predicted octanol–water partition coefficient (Wildman–Crippen LogP) is 3.83. The first-order valence-corrected chi connectivity index (χ1v) is 12.3. The lowest BCUT2D eigenvalue weighted by Crippen LogP contribution is -2.35. The highest BCUT2D eigenvalue weighted by molar-refractivity contribution is 7.91. The van der Waals surface area contributed by atoms with Crippen molar-refractivity contribution in [2.24, 2.45) is 0 Å². The zero-order valence-electron chi connectivity index (χ0n) is 17.5. The Kier molecular flexibility index (Phi) is 6.37. The van der Waals surface area contributed by atoms with Gasteiger partial charge in [-0.05, 0) is 54.3 Å². The number of para-hydroxylation sites is 2. The molecule has 1 heterocycles. The van der Waals surface area contributed by atoms with Crippen molar-refractivity contribution in [1.29, 1.82) is 0 Å². The van der Waals surface area contributed by atoms with Crippen molar-refractivity contribution in [2.45, 2.75) is 18.6 Å². The molecule has 0 atom stereocenters. The van der Waals surface area contributed by atoms with Crippen LogP contribution in [0.1, 0.15) is 27.9 Å². The van der Waals surface area contributed by atoms with Gasteiger partial charge in [0.05, 0.1) is 5.75 Å². The number of hydrogen-bond acceptors (Lipinski definition) is 4. The van der Waals surface area contributed by atoms with Gasteiger partial charge in [0.25, 0.3) is 5.91 Å². The summed E-state index contributed by atoms with van der Waals surface area (Å²) in [6.07, 6.45) is 1.86. The zero-order chi connectivity index (χ0) is 22.6. The summed E-state index contributed by atoms with van der Waals surface area (Å²) in [5.74, 6) is -1.55. The monoisotopic (exact) mass is 448 g/mol. The maximum Gasteiger partial charge on any atom is 0.258 e. The molecule has 0 bridgehead atoms. The van der Waals surface area contributed by atoms with Crippen molar-refractivity contribution in [3.05, 3.63) is 95.6 Å². The van der Waals surface area contributed by atoms with Gasteiger partial charge in [-0.1, -0.05) is 48.5 Å². The number of amides is 2. The van der Waals surface area contributed by atoms with E-state index >= 15 is 0 Å². The molecule has 0 saturated carbocycles. The molecule has 0 spiro atoms. The molecule has 4 rings (SSSR count). The number of nitrogens with zero attached hydrogens (tertiary/aromatic N) is 1. The molecule has 0 fully saturated rings. The van der Waals surface area contributed by atoms with E-state index in [1.165, 1.54) is 0 Å². The summed E-state index contributed by atoms with van der Waals surface area (Å²) in [4.78, 5) is 26.9. The molecule has 0 aliphatic carbocycles. The highest BCUT2D eigenvalue weighted by Gasteiger charge is 2.23. The molecule has 3 aromatic rings. The first-order chi connectivity index (χ1) is 15.4. The topological polar surface area (TPSA) is 83.5 Å². The Morgan fingerprint density at radius 2 is 1.56 bits per heavy atom. The Morgan fingerprint density at radius 1 is 0.875 bits per heavy atom. The lowest BCUT2D eigenvalue weighted by molar-refractivity contribution is -0.113. The van der Waals surface area contributed by atoms with Crippen LogP contribution in [-0.2, 0) is 26.8 Å². The molecule has 1 aliphatic rings. The van der Waals surface area contributed by atoms with Crippen molar-refractivity contribution < 1.29 is 18.0 Å². The fourth-order valence-electron chi connectivity index (χ4n) is 3.87. The third-order valence-electron chi connectivity index (χ3n) is 5.35. The van der Waals surface area contributed by atoms with Crippen molar-refractivity contribution in [3.8, 4) is 0 Å². The van der Waals surface area contributed by atoms with Crippen LogP contribution in [0.5, 0.6) is 0 Å². The highest BCUT2D eigenvalue weighted by atomic mass is 32.2. The van der Waals surface area contributed by atoms with Crippen LogP contribution in [-0.4, -0.2) is 32.5 Å². The van der Waals surface area contributed by atoms with E-state index < -0.39 is 21.5 Å². The molecule has 7 heteroatoms. The number of anilines is 2. The average molecular weight is 449 g/mol. The Hall–Kier alpha value is -3.45. The molecule has 164 valence electrons. The quantitative estimate of drug-likeness (QED) is 0.621. The second-order valence-corrected chi connectivity index (χ2v) is 9.90. The first kappa shape index (κ1) is 21.8. The van der Waals surface area contributed by atoms with Gasteiger partial charge >= 0.3 is 0 Å². The van der Waals surface area contributed by atoms with Gasteiger partial charge in [-0.25, -0.2) is 8.42 Å². The third-order valence-corrected chi connectivity index (χ3v) is 6.83. The number of sulfone groups is 1. The van der Waals surface area contributed by atoms with Gasteiger partial charge in [0.15, 0.2) is 9.84 Å². The minimum absolute atomic E-state index is 0.103. The van der Waals surface area contributed by atoms with Gasteiger partial charge in [-0.15, -0.1) is 0 Å². The van der Waals surface area contributed by atoms with Gasteiger partial charge in [0.1, 0.15) is 5.75 Å². The third kappa shape index (κ3) is 5.23. The number of nitrogens with one attached hydrogen (secondary N) is 1. The van der Waals surface area contributed by atoms with Gasteiger partial charge in [0, 0.05) is 23.5 Å². The summed E-state index contributed by atoms with van der Waals surface area (Å²) >= 11 is 0. The molecule has 2 amide bonds. The summed E-state index contributed by atoms with van der Waals surface area (Å²) in [6.45, 7) is 0.655. The van der Waals surface area contributed by atoms with Gasteiger partial charge in [-0.3, -0.25) is 9.59 Å². The summed E-state index contributed by atoms with van der Waals surface area (Å²) < 4.78 is 24.9. The van der Waals surface area contributed by atoms with Crippen LogP contribution in [0, 0.1) is 0 Å². The number of carbonyl (C=O) groups excluding carboxylic acids is 2. The highest BCUT2D eigenvalue weighted by Crippen LogP contribution is 2.28. The number of carbonyl (C=O) groups is 2. The van der Waals surface area contributed by atoms with Gasteiger partial charge in [-0.2, -0.15) is 0 Å². The number of rotatable bonds is 6. The molecule has 32 heavy (non-hydrogen) atoms. The molecule has 3 aromatic carbocycles. The Balaban J connectivity index is 1.40. The van der Waals surface area contributed by atoms with E-state index in [9.17, 15) is 18.0 Å². The van der Waals surface area contributed by atoms with E-state index in [0.29, 0.717) is 23.4 Å². The molecule has 0 unspecified atom stereocenters. The van der Waals surface area contributed by atoms with Crippen molar-refractivity contribution in [2.75, 3.05) is 22.5 Å². The number of fused-ring (bicyclic) bond motifs is 1. The lowest BCUT2D eigenvalue weighted by Gasteiger charge is -2.29. The maximum atomic E-state index is 13.0. The van der Waals surface area contributed by atoms with E-state index in [-0.39, 0.29) is 11.7 Å². The van der Waals surface area contributed by atoms with Crippen LogP contribution in [0.2, 0.25) is 0 Å². The van der Waals surface area contributed by atoms with E-state index in [1.54, 1.807) is 53.4 Å². The molecule has 6 nitrogen and oxygen atoms in total. The number of aryl methyl sites for hydroxylation is 1. The summed E-state index contributed by atoms with van der Waals surface area (Å²) in [6, 6.07) is 23.2. The first-order valence-electron chi connectivity index (χ1n) is 10.5. The zero-order valence-corrected chi connectivity index (χ0v) is 18.3. The molecule has 1 N–H and O–H groups in total. The Bertz CT molecular complexity index is 1220. The molecular weight excluding hydrogens is 424 g/mol. The number of benzene rings is 3. The van der Waals surface area contributed by atoms with Gasteiger partial charge in [0.2, 0.25) is 5.91 Å². The second kappa shape index (κ2) is 9.36. The summed E-state index contributed by atoms with van der Waals surface area (Å²) in [7, 11) is -3.65. The summed E-state index contributed by atoms with van der Waals surface area (Å²) in [5, 5.41) is 2.58. The molecule has 0 saturated heterocycles. The molecule has 1 aliphatic heterocycles. The minimum atomic E-state index is -3.65. The second-order valence-electron chi connectivity index (χ2n) is 7.83. The SMILES string of the molecule is O=C(CS(=O)(=O)Cc1ccc(C(=O)N2CCCc3ccccc32)cc1)Nc1ccccc1. The van der Waals surface area contributed by atoms with Crippen molar-refractivity contribution >= 4 is 33.0 Å². The fourth-order valence-corrected chi connectivity index (χ4v) is 5.14. The smallest absolute Gasteiger partial charge is 0.258 e. The number of hydrogen-bond donors (Lipinski definition) is 1. The van der Waals surface area contributed by atoms with Crippen molar-refractivity contribution in [1.82, 2.24) is 0 Å². The van der Waals surface area contributed by atoms with E-state index in [4.69, 9.17) is 0 Å². The minimum Gasteiger partial charge on any atom is -0.325 e. The predicted molar refractivity (Wildman–Crippen MR) is 125 cm³/mol. The van der Waals surface area contributed by atoms with Crippen LogP contribution in [0.3, 0.4) is 0 Å². The van der Waals surface area contributed by atoms with Gasteiger partial charge < -0.3 is 10.2 Å².